The van der Waals surface area contributed by atoms with Crippen LogP contribution >= 0.6 is 0 Å². The number of nitrogens with zero attached hydrogens (tertiary/aromatic N) is 3. The summed E-state index contributed by atoms with van der Waals surface area (Å²) in [6.45, 7) is 1.96. The van der Waals surface area contributed by atoms with Crippen LogP contribution in [0.4, 0.5) is 5.69 Å². The van der Waals surface area contributed by atoms with E-state index in [1.807, 2.05) is 37.3 Å². The minimum absolute atomic E-state index is 0.145. The highest BCUT2D eigenvalue weighted by molar-refractivity contribution is 6.22. The summed E-state index contributed by atoms with van der Waals surface area (Å²) in [4.78, 5) is 53.3. The van der Waals surface area contributed by atoms with Gasteiger partial charge in [-0.1, -0.05) is 42.0 Å². The molecule has 5 rings (SSSR count). The van der Waals surface area contributed by atoms with Crippen molar-refractivity contribution in [2.24, 2.45) is 11.8 Å². The summed E-state index contributed by atoms with van der Waals surface area (Å²) < 4.78 is 7.57. The Labute approximate surface area is 194 Å². The van der Waals surface area contributed by atoms with Crippen molar-refractivity contribution in [3.05, 3.63) is 92.8 Å². The highest BCUT2D eigenvalue weighted by Crippen LogP contribution is 2.42. The molecule has 2 heterocycles. The lowest BCUT2D eigenvalue weighted by atomic mass is 9.80. The lowest BCUT2D eigenvalue weighted by molar-refractivity contribution is -0.122. The van der Waals surface area contributed by atoms with Crippen molar-refractivity contribution in [2.45, 2.75) is 25.9 Å². The molecular formula is C25H24N4O5. The lowest BCUT2D eigenvalue weighted by Gasteiger charge is -2.27. The second-order valence-electron chi connectivity index (χ2n) is 8.65. The summed E-state index contributed by atoms with van der Waals surface area (Å²) in [5.74, 6) is -1.19. The minimum atomic E-state index is -0.615. The van der Waals surface area contributed by atoms with E-state index in [4.69, 9.17) is 4.74 Å². The van der Waals surface area contributed by atoms with Gasteiger partial charge in [0.1, 0.15) is 5.75 Å². The predicted molar refractivity (Wildman–Crippen MR) is 125 cm³/mol. The van der Waals surface area contributed by atoms with E-state index in [0.717, 1.165) is 15.7 Å². The van der Waals surface area contributed by atoms with Gasteiger partial charge in [0.25, 0.3) is 0 Å². The number of carbonyl (C=O) groups is 2. The number of rotatable bonds is 5. The first-order valence-corrected chi connectivity index (χ1v) is 11.0. The normalized spacial score (nSPS) is 22.0. The van der Waals surface area contributed by atoms with Gasteiger partial charge in [0, 0.05) is 0 Å². The number of aromatic amines is 1. The van der Waals surface area contributed by atoms with Crippen LogP contribution in [0.25, 0.3) is 0 Å². The van der Waals surface area contributed by atoms with Crippen LogP contribution in [0, 0.1) is 11.8 Å². The molecule has 2 amide bonds. The number of ether oxygens (including phenoxy) is 1. The van der Waals surface area contributed by atoms with Gasteiger partial charge in [0.15, 0.2) is 0 Å². The Morgan fingerprint density at radius 1 is 0.971 bits per heavy atom. The Morgan fingerprint density at radius 3 is 2.35 bits per heavy atom. The summed E-state index contributed by atoms with van der Waals surface area (Å²) in [7, 11) is 1.54. The van der Waals surface area contributed by atoms with Crippen molar-refractivity contribution in [2.75, 3.05) is 12.0 Å². The van der Waals surface area contributed by atoms with Crippen molar-refractivity contribution >= 4 is 17.5 Å². The number of amides is 2. The van der Waals surface area contributed by atoms with Crippen molar-refractivity contribution in [3.8, 4) is 5.75 Å². The first-order chi connectivity index (χ1) is 16.4. The molecule has 0 spiro atoms. The predicted octanol–water partition coefficient (Wildman–Crippen LogP) is 2.09. The van der Waals surface area contributed by atoms with E-state index in [-0.39, 0.29) is 24.8 Å². The monoisotopic (exact) mass is 460 g/mol. The van der Waals surface area contributed by atoms with Gasteiger partial charge in [0.05, 0.1) is 37.2 Å². The number of anilines is 1. The first-order valence-electron chi connectivity index (χ1n) is 11.0. The molecule has 2 aromatic carbocycles. The molecule has 0 saturated carbocycles. The summed E-state index contributed by atoms with van der Waals surface area (Å²) in [5, 5.41) is 2.64. The van der Waals surface area contributed by atoms with E-state index < -0.39 is 29.3 Å². The summed E-state index contributed by atoms with van der Waals surface area (Å²) in [5.41, 5.74) is 1.07. The highest BCUT2D eigenvalue weighted by Gasteiger charge is 2.50. The lowest BCUT2D eigenvalue weighted by Crippen LogP contribution is -2.35. The number of hydrogen-bond acceptors (Lipinski definition) is 5. The number of allylic oxidation sites excluding steroid dienone is 1. The molecule has 1 aliphatic heterocycles. The van der Waals surface area contributed by atoms with Crippen LogP contribution in [-0.4, -0.2) is 33.3 Å². The van der Waals surface area contributed by atoms with Gasteiger partial charge in [-0.05, 0) is 43.2 Å². The second kappa shape index (κ2) is 8.33. The van der Waals surface area contributed by atoms with Crippen LogP contribution < -0.4 is 21.0 Å². The molecule has 1 aliphatic carbocycles. The number of methoxy groups -OCH3 is 1. The molecule has 3 atom stereocenters. The maximum absolute atomic E-state index is 13.3. The molecule has 9 nitrogen and oxygen atoms in total. The zero-order valence-corrected chi connectivity index (χ0v) is 18.8. The molecule has 1 N–H and O–H groups in total. The van der Waals surface area contributed by atoms with Crippen LogP contribution in [0.5, 0.6) is 5.75 Å². The molecule has 9 heteroatoms. The first kappa shape index (κ1) is 21.7. The van der Waals surface area contributed by atoms with Crippen LogP contribution in [0.1, 0.15) is 24.9 Å². The van der Waals surface area contributed by atoms with Crippen molar-refractivity contribution < 1.29 is 14.3 Å². The van der Waals surface area contributed by atoms with E-state index in [0.29, 0.717) is 11.4 Å². The molecule has 0 unspecified atom stereocenters. The third-order valence-corrected chi connectivity index (χ3v) is 6.65. The number of aromatic nitrogens is 3. The fourth-order valence-corrected chi connectivity index (χ4v) is 4.84. The van der Waals surface area contributed by atoms with Crippen LogP contribution in [0.2, 0.25) is 0 Å². The van der Waals surface area contributed by atoms with E-state index in [9.17, 15) is 19.2 Å². The molecule has 1 aromatic heterocycles. The summed E-state index contributed by atoms with van der Waals surface area (Å²) in [6, 6.07) is 15.5. The van der Waals surface area contributed by atoms with E-state index >= 15 is 0 Å². The maximum Gasteiger partial charge on any atom is 0.347 e. The molecule has 0 radical (unpaired) electrons. The number of nitrogens with one attached hydrogen (secondary N) is 1. The molecule has 1 fully saturated rings. The van der Waals surface area contributed by atoms with Gasteiger partial charge >= 0.3 is 11.4 Å². The van der Waals surface area contributed by atoms with Crippen LogP contribution in [0.3, 0.4) is 0 Å². The maximum atomic E-state index is 13.3. The van der Waals surface area contributed by atoms with Gasteiger partial charge in [-0.15, -0.1) is 0 Å². The third-order valence-electron chi connectivity index (χ3n) is 6.65. The van der Waals surface area contributed by atoms with Gasteiger partial charge in [-0.2, -0.15) is 0 Å². The fraction of sp³-hybridized carbons (Fsp3) is 0.280. The van der Waals surface area contributed by atoms with Crippen molar-refractivity contribution in [1.82, 2.24) is 14.3 Å². The average Bonchev–Trinajstić information content (AvgIpc) is 3.26. The Hall–Kier alpha value is -4.14. The molecule has 0 bridgehead atoms. The number of H-pyrrole nitrogens is 1. The smallest absolute Gasteiger partial charge is 0.347 e. The molecule has 2 aliphatic rings. The quantitative estimate of drug-likeness (QED) is 0.464. The van der Waals surface area contributed by atoms with Gasteiger partial charge in [-0.25, -0.2) is 28.8 Å². The van der Waals surface area contributed by atoms with E-state index in [1.165, 1.54) is 9.58 Å². The topological polar surface area (TPSA) is 106 Å². The van der Waals surface area contributed by atoms with E-state index in [1.54, 1.807) is 37.5 Å². The standard InChI is InChI=1S/C25H24N4O5/c1-15-12-19-20(23(31)28(22(19)30)17-8-10-18(34-2)11-9-17)13-21(15)29-25(33)27(24(32)26-29)14-16-6-4-3-5-7-16/h3-12,19-21H,13-14H2,1-2H3,(H,26,32)/t19-,20+,21-/m1/s1. The fourth-order valence-electron chi connectivity index (χ4n) is 4.84. The number of carbonyl (C=O) groups excluding carboxylic acids is 2. The molecular weight excluding hydrogens is 436 g/mol. The van der Waals surface area contributed by atoms with E-state index in [2.05, 4.69) is 5.10 Å². The van der Waals surface area contributed by atoms with Crippen molar-refractivity contribution in [1.29, 1.82) is 0 Å². The second-order valence-corrected chi connectivity index (χ2v) is 8.65. The Morgan fingerprint density at radius 2 is 1.68 bits per heavy atom. The molecule has 3 aromatic rings. The van der Waals surface area contributed by atoms with Gasteiger partial charge in [-0.3, -0.25) is 9.59 Å². The Balaban J connectivity index is 1.45. The molecule has 34 heavy (non-hydrogen) atoms. The molecule has 174 valence electrons. The average molecular weight is 460 g/mol. The Bertz CT molecular complexity index is 1400. The number of hydrogen-bond donors (Lipinski definition) is 1. The minimum Gasteiger partial charge on any atom is -0.497 e. The van der Waals surface area contributed by atoms with Gasteiger partial charge in [0.2, 0.25) is 11.8 Å². The van der Waals surface area contributed by atoms with Crippen LogP contribution in [-0.2, 0) is 16.1 Å². The Kier molecular flexibility index (Phi) is 5.31. The number of fused-ring (bicyclic) bond motifs is 1. The highest BCUT2D eigenvalue weighted by atomic mass is 16.5. The number of imide groups is 1. The van der Waals surface area contributed by atoms with Crippen LogP contribution in [0.15, 0.2) is 75.8 Å². The third kappa shape index (κ3) is 3.49. The van der Waals surface area contributed by atoms with Gasteiger partial charge < -0.3 is 4.74 Å². The van der Waals surface area contributed by atoms with Crippen molar-refractivity contribution in [3.63, 3.8) is 0 Å². The SMILES string of the molecule is COc1ccc(N2C(=O)[C@H]3C[C@@H](n4[nH]c(=O)n(Cc5ccccc5)c4=O)C(C)=C[C@H]3C2=O)cc1. The zero-order chi connectivity index (χ0) is 24.0. The summed E-state index contributed by atoms with van der Waals surface area (Å²) >= 11 is 0. The largest absolute Gasteiger partial charge is 0.497 e. The zero-order valence-electron chi connectivity index (χ0n) is 18.8. The molecule has 1 saturated heterocycles. The summed E-state index contributed by atoms with van der Waals surface area (Å²) in [6.07, 6.45) is 2.00. The number of benzene rings is 2.